The van der Waals surface area contributed by atoms with Crippen LogP contribution in [0.5, 0.6) is 0 Å². The molecule has 1 aliphatic rings. The van der Waals surface area contributed by atoms with Gasteiger partial charge in [-0.2, -0.15) is 0 Å². The van der Waals surface area contributed by atoms with Crippen molar-refractivity contribution in [3.63, 3.8) is 0 Å². The van der Waals surface area contributed by atoms with E-state index in [1.807, 2.05) is 0 Å². The second-order valence-electron chi connectivity index (χ2n) is 4.82. The average molecular weight is 183 g/mol. The summed E-state index contributed by atoms with van der Waals surface area (Å²) in [5.41, 5.74) is 5.86. The minimum Gasteiger partial charge on any atom is -0.387 e. The Morgan fingerprint density at radius 2 is 2.08 bits per heavy atom. The topological polar surface area (TPSA) is 53.1 Å². The number of nitrogens with one attached hydrogen (secondary N) is 1. The van der Waals surface area contributed by atoms with Gasteiger partial charge in [0.2, 0.25) is 0 Å². The van der Waals surface area contributed by atoms with Gasteiger partial charge in [0.1, 0.15) is 5.84 Å². The number of amidine groups is 1. The third kappa shape index (κ3) is 3.77. The largest absolute Gasteiger partial charge is 0.387 e. The smallest absolute Gasteiger partial charge is 0.105 e. The van der Waals surface area contributed by atoms with Gasteiger partial charge >= 0.3 is 0 Å². The van der Waals surface area contributed by atoms with Gasteiger partial charge in [0, 0.05) is 0 Å². The highest BCUT2D eigenvalue weighted by molar-refractivity contribution is 5.78. The number of hydrogen-bond acceptors (Lipinski definition) is 2. The van der Waals surface area contributed by atoms with E-state index < -0.39 is 0 Å². The molecule has 0 bridgehead atoms. The normalized spacial score (nSPS) is 23.8. The van der Waals surface area contributed by atoms with Gasteiger partial charge in [0.25, 0.3) is 0 Å². The molecule has 0 radical (unpaired) electrons. The molecule has 76 valence electrons. The van der Waals surface area contributed by atoms with E-state index in [1.165, 1.54) is 19.3 Å². The van der Waals surface area contributed by atoms with E-state index in [-0.39, 0.29) is 0 Å². The summed E-state index contributed by atoms with van der Waals surface area (Å²) in [7, 11) is 0. The average Bonchev–Trinajstić information content (AvgIpc) is 2.12. The maximum atomic E-state index is 7.24. The fraction of sp³-hybridized carbons (Fsp3) is 0.900. The van der Waals surface area contributed by atoms with Crippen LogP contribution in [0.25, 0.3) is 0 Å². The molecule has 3 heteroatoms. The fourth-order valence-corrected chi connectivity index (χ4v) is 1.88. The summed E-state index contributed by atoms with van der Waals surface area (Å²) < 4.78 is 0. The second kappa shape index (κ2) is 4.09. The maximum absolute atomic E-state index is 7.24. The molecule has 0 aromatic carbocycles. The van der Waals surface area contributed by atoms with Crippen LogP contribution < -0.4 is 5.73 Å². The molecule has 0 aromatic heterocycles. The Morgan fingerprint density at radius 3 is 2.69 bits per heavy atom. The summed E-state index contributed by atoms with van der Waals surface area (Å²) >= 11 is 0. The van der Waals surface area contributed by atoms with Crippen LogP contribution in [0.2, 0.25) is 0 Å². The lowest BCUT2D eigenvalue weighted by Gasteiger charge is -2.22. The summed E-state index contributed by atoms with van der Waals surface area (Å²) in [6.45, 7) is 7.49. The predicted molar refractivity (Wildman–Crippen MR) is 56.0 cm³/mol. The zero-order valence-corrected chi connectivity index (χ0v) is 8.77. The number of rotatable bonds is 2. The Bertz CT molecular complexity index is 187. The van der Waals surface area contributed by atoms with Gasteiger partial charge < -0.3 is 5.73 Å². The maximum Gasteiger partial charge on any atom is 0.105 e. The lowest BCUT2D eigenvalue weighted by molar-refractivity contribution is 0.285. The third-order valence-electron chi connectivity index (χ3n) is 2.83. The van der Waals surface area contributed by atoms with Gasteiger partial charge in [-0.15, -0.1) is 0 Å². The van der Waals surface area contributed by atoms with E-state index in [2.05, 4.69) is 18.7 Å². The summed E-state index contributed by atoms with van der Waals surface area (Å²) in [6.07, 6.45) is 3.75. The van der Waals surface area contributed by atoms with Gasteiger partial charge in [-0.25, -0.2) is 0 Å². The van der Waals surface area contributed by atoms with E-state index in [0.717, 1.165) is 13.1 Å². The number of hydrogen-bond donors (Lipinski definition) is 2. The fourth-order valence-electron chi connectivity index (χ4n) is 1.88. The van der Waals surface area contributed by atoms with Crippen molar-refractivity contribution >= 4 is 5.84 Å². The molecule has 3 N–H and O–H groups in total. The highest BCUT2D eigenvalue weighted by atomic mass is 15.1. The molecule has 1 fully saturated rings. The first kappa shape index (κ1) is 10.5. The lowest BCUT2D eigenvalue weighted by Crippen LogP contribution is -2.34. The molecular formula is C10H21N3. The van der Waals surface area contributed by atoms with Gasteiger partial charge in [0.15, 0.2) is 0 Å². The molecule has 0 aliphatic carbocycles. The van der Waals surface area contributed by atoms with Crippen LogP contribution in [0, 0.1) is 10.8 Å². The van der Waals surface area contributed by atoms with Crippen molar-refractivity contribution in [2.45, 2.75) is 33.1 Å². The highest BCUT2D eigenvalue weighted by Crippen LogP contribution is 2.29. The van der Waals surface area contributed by atoms with Gasteiger partial charge in [-0.3, -0.25) is 10.3 Å². The molecule has 0 spiro atoms. The molecule has 0 saturated carbocycles. The predicted octanol–water partition coefficient (Wildman–Crippen LogP) is 1.43. The zero-order valence-electron chi connectivity index (χ0n) is 8.77. The van der Waals surface area contributed by atoms with Gasteiger partial charge in [-0.1, -0.05) is 13.8 Å². The Hall–Kier alpha value is -0.570. The summed E-state index contributed by atoms with van der Waals surface area (Å²) in [5.74, 6) is 0.291. The molecule has 0 unspecified atom stereocenters. The second-order valence-corrected chi connectivity index (χ2v) is 4.82. The van der Waals surface area contributed by atoms with E-state index in [9.17, 15) is 0 Å². The minimum absolute atomic E-state index is 0.291. The van der Waals surface area contributed by atoms with E-state index >= 15 is 0 Å². The Kier molecular flexibility index (Phi) is 3.31. The van der Waals surface area contributed by atoms with Crippen LogP contribution in [-0.4, -0.2) is 30.4 Å². The van der Waals surface area contributed by atoms with E-state index in [0.29, 0.717) is 17.8 Å². The van der Waals surface area contributed by atoms with Crippen molar-refractivity contribution in [2.75, 3.05) is 19.6 Å². The van der Waals surface area contributed by atoms with Gasteiger partial charge in [0.05, 0.1) is 6.54 Å². The van der Waals surface area contributed by atoms with Crippen molar-refractivity contribution in [2.24, 2.45) is 11.1 Å². The van der Waals surface area contributed by atoms with Crippen molar-refractivity contribution in [3.05, 3.63) is 0 Å². The number of likely N-dealkylation sites (tertiary alicyclic amines) is 1. The Labute approximate surface area is 80.8 Å². The first-order valence-corrected chi connectivity index (χ1v) is 5.05. The molecule has 3 nitrogen and oxygen atoms in total. The lowest BCUT2D eigenvalue weighted by atomic mass is 9.85. The van der Waals surface area contributed by atoms with Crippen LogP contribution in [0.4, 0.5) is 0 Å². The Balaban J connectivity index is 2.40. The van der Waals surface area contributed by atoms with Crippen LogP contribution in [0.3, 0.4) is 0 Å². The molecule has 1 saturated heterocycles. The molecule has 0 aromatic rings. The van der Waals surface area contributed by atoms with E-state index in [4.69, 9.17) is 11.1 Å². The summed E-state index contributed by atoms with van der Waals surface area (Å²) in [5, 5.41) is 7.24. The molecule has 1 rings (SSSR count). The molecular weight excluding hydrogens is 162 g/mol. The quantitative estimate of drug-likeness (QED) is 0.502. The SMILES string of the molecule is CC1(C)CCCN(CC(=N)N)CC1. The molecule has 1 heterocycles. The van der Waals surface area contributed by atoms with Gasteiger partial charge in [-0.05, 0) is 37.8 Å². The van der Waals surface area contributed by atoms with Crippen LogP contribution in [0.1, 0.15) is 33.1 Å². The first-order chi connectivity index (χ1) is 5.99. The highest BCUT2D eigenvalue weighted by Gasteiger charge is 2.22. The minimum atomic E-state index is 0.291. The molecule has 13 heavy (non-hydrogen) atoms. The number of nitrogens with zero attached hydrogens (tertiary/aromatic N) is 1. The van der Waals surface area contributed by atoms with Crippen molar-refractivity contribution in [1.82, 2.24) is 4.90 Å². The van der Waals surface area contributed by atoms with Crippen molar-refractivity contribution in [3.8, 4) is 0 Å². The molecule has 1 aliphatic heterocycles. The summed E-state index contributed by atoms with van der Waals surface area (Å²) in [6, 6.07) is 0. The van der Waals surface area contributed by atoms with Crippen LogP contribution in [-0.2, 0) is 0 Å². The number of nitrogens with two attached hydrogens (primary N) is 1. The van der Waals surface area contributed by atoms with Crippen LogP contribution >= 0.6 is 0 Å². The monoisotopic (exact) mass is 183 g/mol. The Morgan fingerprint density at radius 1 is 1.38 bits per heavy atom. The molecule has 0 atom stereocenters. The summed E-state index contributed by atoms with van der Waals surface area (Å²) in [4.78, 5) is 2.29. The first-order valence-electron chi connectivity index (χ1n) is 5.05. The standard InChI is InChI=1S/C10H21N3/c1-10(2)4-3-6-13(7-5-10)8-9(11)12/h3-8H2,1-2H3,(H3,11,12). The van der Waals surface area contributed by atoms with Crippen LogP contribution in [0.15, 0.2) is 0 Å². The molecule has 0 amide bonds. The third-order valence-corrected chi connectivity index (χ3v) is 2.83. The van der Waals surface area contributed by atoms with Crippen molar-refractivity contribution in [1.29, 1.82) is 5.41 Å². The van der Waals surface area contributed by atoms with E-state index in [1.54, 1.807) is 0 Å². The zero-order chi connectivity index (χ0) is 9.90. The van der Waals surface area contributed by atoms with Crippen molar-refractivity contribution < 1.29 is 0 Å².